The summed E-state index contributed by atoms with van der Waals surface area (Å²) in [7, 11) is 3.40. The van der Waals surface area contributed by atoms with E-state index >= 15 is 0 Å². The fourth-order valence-corrected chi connectivity index (χ4v) is 1.96. The number of hydrogen-bond donors (Lipinski definition) is 1. The lowest BCUT2D eigenvalue weighted by molar-refractivity contribution is 0.189. The Morgan fingerprint density at radius 3 is 2.75 bits per heavy atom. The number of hydrogen-bond acceptors (Lipinski definition) is 4. The average Bonchev–Trinajstić information content (AvgIpc) is 2.76. The Morgan fingerprint density at radius 2 is 2.20 bits per heavy atom. The molecule has 2 rings (SSSR count). The molecule has 0 saturated carbocycles. The second-order valence-corrected chi connectivity index (χ2v) is 4.81. The lowest BCUT2D eigenvalue weighted by Gasteiger charge is -2.14. The quantitative estimate of drug-likeness (QED) is 0.922. The smallest absolute Gasteiger partial charge is 0.147 e. The lowest BCUT2D eigenvalue weighted by atomic mass is 10.1. The van der Waals surface area contributed by atoms with E-state index in [1.807, 2.05) is 7.05 Å². The highest BCUT2D eigenvalue weighted by Crippen LogP contribution is 2.30. The van der Waals surface area contributed by atoms with Crippen LogP contribution in [0.3, 0.4) is 0 Å². The minimum Gasteiger partial charge on any atom is -0.497 e. The van der Waals surface area contributed by atoms with Crippen LogP contribution >= 0.6 is 11.6 Å². The molecule has 1 N–H and O–H groups in total. The van der Waals surface area contributed by atoms with Gasteiger partial charge in [0.15, 0.2) is 0 Å². The van der Waals surface area contributed by atoms with Crippen LogP contribution in [-0.2, 0) is 13.7 Å². The van der Waals surface area contributed by atoms with Gasteiger partial charge in [0, 0.05) is 18.7 Å². The van der Waals surface area contributed by atoms with Crippen LogP contribution in [0.4, 0.5) is 0 Å². The monoisotopic (exact) mass is 296 g/mol. The van der Waals surface area contributed by atoms with E-state index in [9.17, 15) is 5.11 Å². The van der Waals surface area contributed by atoms with Gasteiger partial charge in [-0.25, -0.2) is 4.98 Å². The molecule has 108 valence electrons. The average molecular weight is 297 g/mol. The number of aliphatic hydroxyl groups is 1. The van der Waals surface area contributed by atoms with Gasteiger partial charge < -0.3 is 19.1 Å². The van der Waals surface area contributed by atoms with Gasteiger partial charge in [-0.3, -0.25) is 0 Å². The van der Waals surface area contributed by atoms with Crippen LogP contribution < -0.4 is 9.47 Å². The van der Waals surface area contributed by atoms with Crippen molar-refractivity contribution in [2.45, 2.75) is 19.6 Å². The van der Waals surface area contributed by atoms with Gasteiger partial charge in [0.2, 0.25) is 0 Å². The van der Waals surface area contributed by atoms with E-state index in [1.54, 1.807) is 43.0 Å². The van der Waals surface area contributed by atoms with E-state index in [2.05, 4.69) is 4.98 Å². The van der Waals surface area contributed by atoms with Crippen LogP contribution in [0, 0.1) is 0 Å². The summed E-state index contributed by atoms with van der Waals surface area (Å²) in [5.74, 6) is 1.94. The molecule has 0 aliphatic heterocycles. The minimum atomic E-state index is -0.624. The molecule has 0 fully saturated rings. The zero-order valence-corrected chi connectivity index (χ0v) is 12.4. The Labute approximate surface area is 122 Å². The van der Waals surface area contributed by atoms with E-state index in [0.29, 0.717) is 28.0 Å². The third kappa shape index (κ3) is 3.05. The predicted octanol–water partition coefficient (Wildman–Crippen LogP) is 2.71. The molecule has 1 aromatic heterocycles. The highest BCUT2D eigenvalue weighted by molar-refractivity contribution is 6.29. The Balaban J connectivity index is 2.21. The molecule has 0 spiro atoms. The summed E-state index contributed by atoms with van der Waals surface area (Å²) in [4.78, 5) is 4.16. The number of benzene rings is 1. The normalized spacial score (nSPS) is 12.2. The van der Waals surface area contributed by atoms with Crippen LogP contribution in [0.2, 0.25) is 5.15 Å². The van der Waals surface area contributed by atoms with Crippen molar-refractivity contribution in [2.24, 2.45) is 7.05 Å². The third-order valence-corrected chi connectivity index (χ3v) is 3.41. The summed E-state index contributed by atoms with van der Waals surface area (Å²) in [6.07, 6.45) is 0.947. The first kappa shape index (κ1) is 14.7. The molecule has 0 aliphatic rings. The van der Waals surface area contributed by atoms with Gasteiger partial charge in [-0.1, -0.05) is 11.6 Å². The predicted molar refractivity (Wildman–Crippen MR) is 76.2 cm³/mol. The summed E-state index contributed by atoms with van der Waals surface area (Å²) in [6.45, 7) is 1.95. The van der Waals surface area contributed by atoms with Crippen molar-refractivity contribution in [3.63, 3.8) is 0 Å². The maximum absolute atomic E-state index is 9.76. The van der Waals surface area contributed by atoms with Crippen LogP contribution in [0.25, 0.3) is 0 Å². The molecular formula is C14H17ClN2O3. The third-order valence-electron chi connectivity index (χ3n) is 3.06. The summed E-state index contributed by atoms with van der Waals surface area (Å²) < 4.78 is 12.6. The zero-order valence-electron chi connectivity index (χ0n) is 11.6. The summed E-state index contributed by atoms with van der Waals surface area (Å²) in [5, 5.41) is 10.3. The summed E-state index contributed by atoms with van der Waals surface area (Å²) >= 11 is 5.93. The first-order valence-corrected chi connectivity index (χ1v) is 6.55. The Kier molecular flexibility index (Phi) is 4.52. The van der Waals surface area contributed by atoms with Gasteiger partial charge in [0.1, 0.15) is 29.1 Å². The molecule has 0 amide bonds. The molecular weight excluding hydrogens is 280 g/mol. The summed E-state index contributed by atoms with van der Waals surface area (Å²) in [6, 6.07) is 5.31. The van der Waals surface area contributed by atoms with E-state index in [-0.39, 0.29) is 6.61 Å². The van der Waals surface area contributed by atoms with Gasteiger partial charge in [0.05, 0.1) is 19.4 Å². The highest BCUT2D eigenvalue weighted by Gasteiger charge is 2.12. The number of halogens is 1. The number of aromatic nitrogens is 2. The largest absolute Gasteiger partial charge is 0.497 e. The van der Waals surface area contributed by atoms with Crippen molar-refractivity contribution in [1.82, 2.24) is 9.55 Å². The van der Waals surface area contributed by atoms with Crippen LogP contribution in [0.15, 0.2) is 24.4 Å². The summed E-state index contributed by atoms with van der Waals surface area (Å²) in [5.41, 5.74) is 0.700. The van der Waals surface area contributed by atoms with E-state index in [1.165, 1.54) is 0 Å². The minimum absolute atomic E-state index is 0.260. The number of imidazole rings is 1. The van der Waals surface area contributed by atoms with Crippen molar-refractivity contribution in [1.29, 1.82) is 0 Å². The molecule has 1 atom stereocenters. The molecule has 0 bridgehead atoms. The van der Waals surface area contributed by atoms with Crippen molar-refractivity contribution in [2.75, 3.05) is 7.11 Å². The van der Waals surface area contributed by atoms with E-state index in [0.717, 1.165) is 0 Å². The van der Waals surface area contributed by atoms with Crippen LogP contribution in [0.5, 0.6) is 11.5 Å². The Hall–Kier alpha value is -1.72. The number of rotatable bonds is 5. The molecule has 2 aromatic rings. The maximum atomic E-state index is 9.76. The van der Waals surface area contributed by atoms with Crippen molar-refractivity contribution in [3.05, 3.63) is 40.9 Å². The molecule has 5 nitrogen and oxygen atoms in total. The fraction of sp³-hybridized carbons (Fsp3) is 0.357. The van der Waals surface area contributed by atoms with Gasteiger partial charge >= 0.3 is 0 Å². The SMILES string of the molecule is COc1ccc([C@H](C)O)c(OCc2ncc(Cl)n2C)c1. The second kappa shape index (κ2) is 6.15. The molecule has 0 unspecified atom stereocenters. The van der Waals surface area contributed by atoms with Gasteiger partial charge in [-0.05, 0) is 19.1 Å². The van der Waals surface area contributed by atoms with Crippen molar-refractivity contribution >= 4 is 11.6 Å². The number of methoxy groups -OCH3 is 1. The Bertz CT molecular complexity index is 596. The number of ether oxygens (including phenoxy) is 2. The van der Waals surface area contributed by atoms with Crippen molar-refractivity contribution < 1.29 is 14.6 Å². The maximum Gasteiger partial charge on any atom is 0.147 e. The van der Waals surface area contributed by atoms with Crippen molar-refractivity contribution in [3.8, 4) is 11.5 Å². The molecule has 20 heavy (non-hydrogen) atoms. The number of nitrogens with zero attached hydrogens (tertiary/aromatic N) is 2. The Morgan fingerprint density at radius 1 is 1.45 bits per heavy atom. The standard InChI is InChI=1S/C14H17ClN2O3/c1-9(18)11-5-4-10(19-3)6-12(11)20-8-14-16-7-13(15)17(14)2/h4-7,9,18H,8H2,1-3H3/t9-/m0/s1. The molecule has 1 aromatic carbocycles. The van der Waals surface area contributed by atoms with Crippen LogP contribution in [-0.4, -0.2) is 21.8 Å². The topological polar surface area (TPSA) is 56.5 Å². The van der Waals surface area contributed by atoms with Gasteiger partial charge in [0.25, 0.3) is 0 Å². The molecule has 6 heteroatoms. The van der Waals surface area contributed by atoms with E-state index < -0.39 is 6.10 Å². The van der Waals surface area contributed by atoms with Gasteiger partial charge in [-0.2, -0.15) is 0 Å². The first-order chi connectivity index (χ1) is 9.52. The molecule has 1 heterocycles. The zero-order chi connectivity index (χ0) is 14.7. The lowest BCUT2D eigenvalue weighted by Crippen LogP contribution is -2.06. The fourth-order valence-electron chi connectivity index (χ4n) is 1.81. The van der Waals surface area contributed by atoms with E-state index in [4.69, 9.17) is 21.1 Å². The highest BCUT2D eigenvalue weighted by atomic mass is 35.5. The molecule has 0 saturated heterocycles. The first-order valence-electron chi connectivity index (χ1n) is 6.17. The molecule has 0 radical (unpaired) electrons. The van der Waals surface area contributed by atoms with Gasteiger partial charge in [-0.15, -0.1) is 0 Å². The van der Waals surface area contributed by atoms with Crippen LogP contribution in [0.1, 0.15) is 24.4 Å². The number of aliphatic hydroxyl groups excluding tert-OH is 1. The second-order valence-electron chi connectivity index (χ2n) is 4.42. The molecule has 0 aliphatic carbocycles.